The van der Waals surface area contributed by atoms with E-state index >= 15 is 0 Å². The second-order valence-electron chi connectivity index (χ2n) is 15.6. The van der Waals surface area contributed by atoms with E-state index in [0.717, 1.165) is 9.13 Å². The van der Waals surface area contributed by atoms with Crippen LogP contribution in [0.15, 0.2) is 128 Å². The molecule has 0 bridgehead atoms. The molecular formula is C46H44N6O8. The van der Waals surface area contributed by atoms with Gasteiger partial charge in [-0.15, -0.1) is 0 Å². The van der Waals surface area contributed by atoms with Crippen LogP contribution in [0.25, 0.3) is 21.5 Å². The highest BCUT2D eigenvalue weighted by Gasteiger charge is 2.31. The standard InChI is InChI=1S/C46H44N6O8/c1-25(2)21-39(41(53)49-29-9-17-33(18-10-29)59-31-13-5-27(47)6-14-31)51-43(55)35-23-37-38(24-36(35)44(51)56)46(58)52(45(37)57)40(22-26(3)4)42(54)50-30-11-19-34(20-12-30)60-32-15-7-28(48)8-16-32/h5-20,23-26,39-40H,21-22,47-48H2,1-4H3,(H,49,53)(H,50,54). The van der Waals surface area contributed by atoms with E-state index in [1.807, 2.05) is 27.7 Å². The molecule has 6 N–H and O–H groups in total. The van der Waals surface area contributed by atoms with Gasteiger partial charge in [-0.3, -0.25) is 37.9 Å². The molecule has 14 heteroatoms. The van der Waals surface area contributed by atoms with Crippen LogP contribution >= 0.6 is 0 Å². The molecule has 7 aromatic rings. The Hall–Kier alpha value is -7.48. The van der Waals surface area contributed by atoms with Crippen LogP contribution in [0.1, 0.15) is 52.6 Å². The van der Waals surface area contributed by atoms with Crippen LogP contribution in [0.4, 0.5) is 22.7 Å². The molecule has 0 radical (unpaired) electrons. The summed E-state index contributed by atoms with van der Waals surface area (Å²) in [6.07, 6.45) is 0.288. The summed E-state index contributed by atoms with van der Waals surface area (Å²) in [5, 5.41) is 5.16. The predicted octanol–water partition coefficient (Wildman–Crippen LogP) is 7.11. The van der Waals surface area contributed by atoms with Crippen molar-refractivity contribution in [2.75, 3.05) is 22.1 Å². The Kier molecular flexibility index (Phi) is 11.4. The topological polar surface area (TPSA) is 207 Å². The number of benzene rings is 5. The van der Waals surface area contributed by atoms with E-state index in [4.69, 9.17) is 20.9 Å². The van der Waals surface area contributed by atoms with E-state index in [1.165, 1.54) is 12.1 Å². The highest BCUT2D eigenvalue weighted by Crippen LogP contribution is 2.28. The van der Waals surface area contributed by atoms with Crippen molar-refractivity contribution in [3.05, 3.63) is 151 Å². The van der Waals surface area contributed by atoms with E-state index in [2.05, 4.69) is 10.6 Å². The summed E-state index contributed by atoms with van der Waals surface area (Å²) in [5.41, 5.74) is 10.4. The predicted molar refractivity (Wildman–Crippen MR) is 234 cm³/mol. The van der Waals surface area contributed by atoms with Crippen molar-refractivity contribution in [2.45, 2.75) is 52.6 Å². The van der Waals surface area contributed by atoms with Crippen molar-refractivity contribution in [1.29, 1.82) is 0 Å². The van der Waals surface area contributed by atoms with Gasteiger partial charge in [0.25, 0.3) is 22.2 Å². The van der Waals surface area contributed by atoms with Gasteiger partial charge < -0.3 is 31.6 Å². The lowest BCUT2D eigenvalue weighted by atomic mass is 10.0. The minimum Gasteiger partial charge on any atom is -0.457 e. The SMILES string of the molecule is CC(C)CC(C(=O)Nc1ccc(Oc2ccc(N)cc2)cc1)n1c(=O)c2cc3c(=O)n(C(CC(C)C)C(=O)Nc4ccc(Oc5ccc(N)cc5)cc4)c(=O)c3cc2c1=O. The molecule has 2 atom stereocenters. The van der Waals surface area contributed by atoms with Gasteiger partial charge in [-0.2, -0.15) is 0 Å². The average Bonchev–Trinajstić information content (AvgIpc) is 3.60. The molecule has 0 aliphatic heterocycles. The third kappa shape index (κ3) is 8.53. The van der Waals surface area contributed by atoms with Crippen LogP contribution in [0, 0.1) is 11.8 Å². The lowest BCUT2D eigenvalue weighted by Crippen LogP contribution is -2.38. The maximum absolute atomic E-state index is 14.0. The molecule has 0 saturated carbocycles. The Morgan fingerprint density at radius 3 is 1.02 bits per heavy atom. The number of nitrogens with zero attached hydrogens (tertiary/aromatic N) is 2. The first-order valence-electron chi connectivity index (χ1n) is 19.5. The number of ether oxygens (including phenoxy) is 2. The molecule has 306 valence electrons. The monoisotopic (exact) mass is 808 g/mol. The number of fused-ring (bicyclic) bond motifs is 2. The Balaban J connectivity index is 1.16. The van der Waals surface area contributed by atoms with E-state index in [-0.39, 0.29) is 46.2 Å². The van der Waals surface area contributed by atoms with E-state index in [9.17, 15) is 28.8 Å². The van der Waals surface area contributed by atoms with Crippen molar-refractivity contribution >= 4 is 56.1 Å². The fraction of sp³-hybridized carbons (Fsp3) is 0.217. The van der Waals surface area contributed by atoms with Crippen molar-refractivity contribution in [1.82, 2.24) is 9.13 Å². The van der Waals surface area contributed by atoms with Gasteiger partial charge >= 0.3 is 0 Å². The van der Waals surface area contributed by atoms with Crippen molar-refractivity contribution in [2.24, 2.45) is 11.8 Å². The highest BCUT2D eigenvalue weighted by molar-refractivity contribution is 6.00. The first-order valence-corrected chi connectivity index (χ1v) is 19.5. The van der Waals surface area contributed by atoms with Crippen molar-refractivity contribution in [3.8, 4) is 23.0 Å². The molecule has 60 heavy (non-hydrogen) atoms. The molecule has 2 aromatic heterocycles. The molecule has 0 aliphatic carbocycles. The van der Waals surface area contributed by atoms with E-state index in [0.29, 0.717) is 45.7 Å². The number of carbonyl (C=O) groups is 2. The normalized spacial score (nSPS) is 12.5. The Bertz CT molecular complexity index is 2630. The molecule has 2 unspecified atom stereocenters. The number of amides is 2. The molecule has 0 fully saturated rings. The fourth-order valence-electron chi connectivity index (χ4n) is 7.14. The van der Waals surface area contributed by atoms with Gasteiger partial charge in [-0.25, -0.2) is 0 Å². The van der Waals surface area contributed by atoms with Crippen LogP contribution < -0.4 is 53.8 Å². The first-order chi connectivity index (χ1) is 28.7. The second-order valence-corrected chi connectivity index (χ2v) is 15.6. The maximum Gasteiger partial charge on any atom is 0.262 e. The lowest BCUT2D eigenvalue weighted by Gasteiger charge is -2.19. The number of aromatic nitrogens is 2. The number of rotatable bonds is 14. The molecular weight excluding hydrogens is 765 g/mol. The molecule has 2 amide bonds. The summed E-state index contributed by atoms with van der Waals surface area (Å²) in [4.78, 5) is 83.8. The summed E-state index contributed by atoms with van der Waals surface area (Å²) in [6.45, 7) is 7.44. The quantitative estimate of drug-likeness (QED) is 0.0819. The van der Waals surface area contributed by atoms with Crippen LogP contribution in [-0.2, 0) is 9.59 Å². The zero-order valence-electron chi connectivity index (χ0n) is 33.4. The van der Waals surface area contributed by atoms with Gasteiger partial charge in [0, 0.05) is 22.7 Å². The van der Waals surface area contributed by atoms with Crippen LogP contribution in [0.2, 0.25) is 0 Å². The van der Waals surface area contributed by atoms with E-state index < -0.39 is 46.1 Å². The summed E-state index contributed by atoms with van der Waals surface area (Å²) in [6, 6.07) is 27.0. The van der Waals surface area contributed by atoms with Gasteiger partial charge in [-0.05, 0) is 134 Å². The summed E-state index contributed by atoms with van der Waals surface area (Å²) in [7, 11) is 0. The fourth-order valence-corrected chi connectivity index (χ4v) is 7.14. The third-order valence-corrected chi connectivity index (χ3v) is 10.0. The number of hydrogen-bond donors (Lipinski definition) is 4. The number of nitrogen functional groups attached to an aromatic ring is 2. The number of nitrogens with one attached hydrogen (secondary N) is 2. The second kappa shape index (κ2) is 16.8. The molecule has 0 aliphatic rings. The molecule has 7 rings (SSSR count). The molecule has 0 saturated heterocycles. The third-order valence-electron chi connectivity index (χ3n) is 10.0. The van der Waals surface area contributed by atoms with Gasteiger partial charge in [-0.1, -0.05) is 27.7 Å². The highest BCUT2D eigenvalue weighted by atomic mass is 16.5. The Morgan fingerprint density at radius 2 is 0.750 bits per heavy atom. The lowest BCUT2D eigenvalue weighted by molar-refractivity contribution is -0.120. The van der Waals surface area contributed by atoms with Gasteiger partial charge in [0.2, 0.25) is 11.8 Å². The van der Waals surface area contributed by atoms with Crippen LogP contribution in [0.5, 0.6) is 23.0 Å². The number of nitrogens with two attached hydrogens (primary N) is 2. The van der Waals surface area contributed by atoms with Crippen molar-refractivity contribution < 1.29 is 19.1 Å². The van der Waals surface area contributed by atoms with E-state index in [1.54, 1.807) is 97.1 Å². The molecule has 0 spiro atoms. The van der Waals surface area contributed by atoms with Gasteiger partial charge in [0.15, 0.2) is 0 Å². The number of anilines is 4. The number of carbonyl (C=O) groups excluding carboxylic acids is 2. The molecule has 5 aromatic carbocycles. The summed E-state index contributed by atoms with van der Waals surface area (Å²) in [5.74, 6) is 0.774. The zero-order valence-corrected chi connectivity index (χ0v) is 33.4. The summed E-state index contributed by atoms with van der Waals surface area (Å²) < 4.78 is 13.5. The molecule has 14 nitrogen and oxygen atoms in total. The Morgan fingerprint density at radius 1 is 0.483 bits per heavy atom. The maximum atomic E-state index is 14.0. The Labute approximate surface area is 343 Å². The largest absolute Gasteiger partial charge is 0.457 e. The minimum atomic E-state index is -1.21. The number of hydrogen-bond acceptors (Lipinski definition) is 10. The van der Waals surface area contributed by atoms with Crippen LogP contribution in [0.3, 0.4) is 0 Å². The van der Waals surface area contributed by atoms with Gasteiger partial charge in [0.1, 0.15) is 35.1 Å². The van der Waals surface area contributed by atoms with Crippen molar-refractivity contribution in [3.63, 3.8) is 0 Å². The first kappa shape index (κ1) is 40.7. The zero-order chi connectivity index (χ0) is 42.8. The summed E-state index contributed by atoms with van der Waals surface area (Å²) >= 11 is 0. The van der Waals surface area contributed by atoms with Crippen LogP contribution in [-0.4, -0.2) is 20.9 Å². The molecule has 2 heterocycles. The van der Waals surface area contributed by atoms with Gasteiger partial charge in [0.05, 0.1) is 21.5 Å². The average molecular weight is 809 g/mol. The smallest absolute Gasteiger partial charge is 0.262 e. The minimum absolute atomic E-state index is 0.104.